The molecule has 0 spiro atoms. The molecule has 0 fully saturated rings. The number of hydrogen-bond acceptors (Lipinski definition) is 6. The fourth-order valence-electron chi connectivity index (χ4n) is 3.24. The Morgan fingerprint density at radius 1 is 0.818 bits per heavy atom. The summed E-state index contributed by atoms with van der Waals surface area (Å²) in [7, 11) is 0. The van der Waals surface area contributed by atoms with Crippen LogP contribution in [0.5, 0.6) is 0 Å². The van der Waals surface area contributed by atoms with Gasteiger partial charge >= 0.3 is 0 Å². The molecule has 0 unspecified atom stereocenters. The van der Waals surface area contributed by atoms with Crippen LogP contribution in [0, 0.1) is 34.3 Å². The van der Waals surface area contributed by atoms with E-state index in [0.29, 0.717) is 22.4 Å². The first-order chi connectivity index (χ1) is 16.0. The maximum Gasteiger partial charge on any atom is 0.227 e. The van der Waals surface area contributed by atoms with E-state index in [1.165, 1.54) is 12.3 Å². The molecule has 0 amide bonds. The smallest absolute Gasteiger partial charge is 0.227 e. The second kappa shape index (κ2) is 9.23. The summed E-state index contributed by atoms with van der Waals surface area (Å²) in [4.78, 5) is 8.22. The number of anilines is 2. The fraction of sp³-hybridized carbons (Fsp3) is 0.0400. The summed E-state index contributed by atoms with van der Waals surface area (Å²) in [6.45, 7) is 0. The maximum absolute atomic E-state index is 14.9. The van der Waals surface area contributed by atoms with Crippen molar-refractivity contribution in [1.29, 1.82) is 10.5 Å². The molecule has 1 atom stereocenters. The number of nitrogens with one attached hydrogen (secondary N) is 1. The molecule has 0 saturated carbocycles. The van der Waals surface area contributed by atoms with Gasteiger partial charge < -0.3 is 10.4 Å². The van der Waals surface area contributed by atoms with Crippen molar-refractivity contribution >= 4 is 11.6 Å². The molecule has 33 heavy (non-hydrogen) atoms. The van der Waals surface area contributed by atoms with E-state index in [-0.39, 0.29) is 17.2 Å². The van der Waals surface area contributed by atoms with Crippen molar-refractivity contribution in [1.82, 2.24) is 9.97 Å². The van der Waals surface area contributed by atoms with Crippen LogP contribution >= 0.6 is 0 Å². The first-order valence-electron chi connectivity index (χ1n) is 9.76. The van der Waals surface area contributed by atoms with Gasteiger partial charge in [-0.1, -0.05) is 12.1 Å². The van der Waals surface area contributed by atoms with Gasteiger partial charge in [-0.2, -0.15) is 10.5 Å². The summed E-state index contributed by atoms with van der Waals surface area (Å²) in [5, 5.41) is 31.4. The summed E-state index contributed by atoms with van der Waals surface area (Å²) >= 11 is 0. The molecule has 160 valence electrons. The van der Waals surface area contributed by atoms with Gasteiger partial charge in [0.05, 0.1) is 34.5 Å². The molecule has 0 radical (unpaired) electrons. The molecule has 3 aromatic carbocycles. The molecule has 0 aliphatic heterocycles. The fourth-order valence-corrected chi connectivity index (χ4v) is 3.24. The van der Waals surface area contributed by atoms with E-state index in [2.05, 4.69) is 15.3 Å². The number of benzene rings is 3. The zero-order valence-electron chi connectivity index (χ0n) is 17.0. The first-order valence-corrected chi connectivity index (χ1v) is 9.76. The quantitative estimate of drug-likeness (QED) is 0.454. The van der Waals surface area contributed by atoms with E-state index < -0.39 is 23.3 Å². The van der Waals surface area contributed by atoms with Crippen molar-refractivity contribution in [2.45, 2.75) is 6.10 Å². The van der Waals surface area contributed by atoms with Gasteiger partial charge in [-0.15, -0.1) is 0 Å². The van der Waals surface area contributed by atoms with Crippen LogP contribution in [0.3, 0.4) is 0 Å². The summed E-state index contributed by atoms with van der Waals surface area (Å²) in [6, 6.07) is 20.4. The summed E-state index contributed by atoms with van der Waals surface area (Å²) in [5.74, 6) is -1.74. The van der Waals surface area contributed by atoms with Gasteiger partial charge in [-0.3, -0.25) is 0 Å². The number of hydrogen-bond donors (Lipinski definition) is 2. The Morgan fingerprint density at radius 2 is 1.39 bits per heavy atom. The van der Waals surface area contributed by atoms with Gasteiger partial charge in [0, 0.05) is 11.9 Å². The summed E-state index contributed by atoms with van der Waals surface area (Å²) < 4.78 is 29.7. The Morgan fingerprint density at radius 3 is 1.97 bits per heavy atom. The third kappa shape index (κ3) is 4.67. The van der Waals surface area contributed by atoms with Crippen LogP contribution in [0.25, 0.3) is 11.1 Å². The van der Waals surface area contributed by atoms with Gasteiger partial charge in [-0.05, 0) is 65.7 Å². The summed E-state index contributed by atoms with van der Waals surface area (Å²) in [5.41, 5.74) is 1.80. The maximum atomic E-state index is 14.9. The highest BCUT2D eigenvalue weighted by molar-refractivity contribution is 5.65. The van der Waals surface area contributed by atoms with Crippen molar-refractivity contribution < 1.29 is 13.9 Å². The number of aliphatic hydroxyl groups excluding tert-OH is 1. The number of nitrogens with zero attached hydrogens (tertiary/aromatic N) is 4. The number of halogens is 2. The van der Waals surface area contributed by atoms with Crippen molar-refractivity contribution in [3.63, 3.8) is 0 Å². The minimum atomic E-state index is -1.66. The summed E-state index contributed by atoms with van der Waals surface area (Å²) in [6.07, 6.45) is -0.303. The Bertz CT molecular complexity index is 1370. The monoisotopic (exact) mass is 439 g/mol. The molecule has 0 bridgehead atoms. The van der Waals surface area contributed by atoms with E-state index >= 15 is 0 Å². The Hall–Kier alpha value is -4.66. The number of rotatable bonds is 5. The number of aromatic nitrogens is 2. The minimum absolute atomic E-state index is 0.00469. The Balaban J connectivity index is 1.60. The molecule has 4 aromatic rings. The Kier molecular flexibility index (Phi) is 6.03. The van der Waals surface area contributed by atoms with E-state index in [9.17, 15) is 13.9 Å². The van der Waals surface area contributed by atoms with E-state index in [1.807, 2.05) is 12.1 Å². The third-order valence-corrected chi connectivity index (χ3v) is 4.93. The topological polar surface area (TPSA) is 106 Å². The van der Waals surface area contributed by atoms with Gasteiger partial charge in [0.25, 0.3) is 0 Å². The number of nitriles is 2. The van der Waals surface area contributed by atoms with Crippen LogP contribution in [0.15, 0.2) is 72.9 Å². The highest BCUT2D eigenvalue weighted by Gasteiger charge is 2.23. The molecule has 2 N–H and O–H groups in total. The Labute approximate surface area is 188 Å². The van der Waals surface area contributed by atoms with Crippen molar-refractivity contribution in [3.8, 4) is 23.3 Å². The second-order valence-corrected chi connectivity index (χ2v) is 7.06. The molecule has 1 aromatic heterocycles. The molecule has 0 aliphatic carbocycles. The molecule has 8 heteroatoms. The lowest BCUT2D eigenvalue weighted by Crippen LogP contribution is -2.10. The largest absolute Gasteiger partial charge is 0.382 e. The normalized spacial score (nSPS) is 11.3. The van der Waals surface area contributed by atoms with E-state index in [1.54, 1.807) is 48.5 Å². The van der Waals surface area contributed by atoms with E-state index in [0.717, 1.165) is 12.1 Å². The molecule has 0 saturated heterocycles. The highest BCUT2D eigenvalue weighted by Crippen LogP contribution is 2.31. The number of aliphatic hydroxyl groups is 1. The predicted molar refractivity (Wildman–Crippen MR) is 117 cm³/mol. The van der Waals surface area contributed by atoms with Crippen LogP contribution in [0.2, 0.25) is 0 Å². The van der Waals surface area contributed by atoms with Crippen molar-refractivity contribution in [2.75, 3.05) is 5.32 Å². The molecular weight excluding hydrogens is 424 g/mol. The van der Waals surface area contributed by atoms with Gasteiger partial charge in [0.1, 0.15) is 17.7 Å². The van der Waals surface area contributed by atoms with Crippen molar-refractivity contribution in [2.24, 2.45) is 0 Å². The van der Waals surface area contributed by atoms with Gasteiger partial charge in [0.15, 0.2) is 0 Å². The SMILES string of the molecule is N#Cc1ccc(Nc2nccc([C@H](O)c3c(F)cc(-c4ccc(C#N)cc4)cc3F)n2)cc1. The zero-order valence-corrected chi connectivity index (χ0v) is 17.0. The average Bonchev–Trinajstić information content (AvgIpc) is 2.84. The molecular formula is C25H15F2N5O. The standard InChI is InChI=1S/C25H15F2N5O/c26-20-11-18(17-5-1-15(13-28)2-6-17)12-21(27)23(20)24(33)22-9-10-30-25(32-22)31-19-7-3-16(14-29)4-8-19/h1-12,24,33H,(H,30,31,32)/t24-/m0/s1. The second-order valence-electron chi connectivity index (χ2n) is 7.06. The van der Waals surface area contributed by atoms with Crippen LogP contribution in [0.4, 0.5) is 20.4 Å². The molecule has 4 rings (SSSR count). The van der Waals surface area contributed by atoms with E-state index in [4.69, 9.17) is 10.5 Å². The minimum Gasteiger partial charge on any atom is -0.382 e. The van der Waals surface area contributed by atoms with Gasteiger partial charge in [-0.25, -0.2) is 18.7 Å². The third-order valence-electron chi connectivity index (χ3n) is 4.93. The van der Waals surface area contributed by atoms with Crippen LogP contribution in [-0.2, 0) is 0 Å². The van der Waals surface area contributed by atoms with Crippen LogP contribution in [-0.4, -0.2) is 15.1 Å². The van der Waals surface area contributed by atoms with Crippen molar-refractivity contribution in [3.05, 3.63) is 107 Å². The van der Waals surface area contributed by atoms with Crippen LogP contribution in [0.1, 0.15) is 28.5 Å². The lowest BCUT2D eigenvalue weighted by atomic mass is 9.98. The molecule has 0 aliphatic rings. The molecule has 1 heterocycles. The molecule has 6 nitrogen and oxygen atoms in total. The lowest BCUT2D eigenvalue weighted by molar-refractivity contribution is 0.204. The van der Waals surface area contributed by atoms with Crippen LogP contribution < -0.4 is 5.32 Å². The zero-order chi connectivity index (χ0) is 23.4. The van der Waals surface area contributed by atoms with Gasteiger partial charge in [0.2, 0.25) is 5.95 Å². The highest BCUT2D eigenvalue weighted by atomic mass is 19.1. The average molecular weight is 439 g/mol. The predicted octanol–water partition coefficient (Wildman–Crippen LogP) is 4.99. The lowest BCUT2D eigenvalue weighted by Gasteiger charge is -2.15. The first kappa shape index (κ1) is 21.6.